The molecule has 0 fully saturated rings. The first-order chi connectivity index (χ1) is 9.24. The van der Waals surface area contributed by atoms with E-state index in [-0.39, 0.29) is 5.56 Å². The van der Waals surface area contributed by atoms with Gasteiger partial charge in [-0.3, -0.25) is 4.79 Å². The van der Waals surface area contributed by atoms with Crippen molar-refractivity contribution in [1.82, 2.24) is 19.9 Å². The van der Waals surface area contributed by atoms with Crippen LogP contribution < -0.4 is 15.6 Å². The molecule has 0 aromatic carbocycles. The quantitative estimate of drug-likeness (QED) is 0.626. The number of hydrogen-bond acceptors (Lipinski definition) is 7. The highest BCUT2D eigenvalue weighted by Gasteiger charge is 2.13. The van der Waals surface area contributed by atoms with Gasteiger partial charge in [-0.1, -0.05) is 0 Å². The maximum Gasteiger partial charge on any atom is 0.251 e. The van der Waals surface area contributed by atoms with E-state index < -0.39 is 0 Å². The van der Waals surface area contributed by atoms with Gasteiger partial charge in [0.2, 0.25) is 0 Å². The molecule has 2 aromatic heterocycles. The zero-order chi connectivity index (χ0) is 13.7. The van der Waals surface area contributed by atoms with Crippen LogP contribution in [0.3, 0.4) is 0 Å². The Hall–Kier alpha value is -2.09. The highest BCUT2D eigenvalue weighted by molar-refractivity contribution is 7.99. The maximum absolute atomic E-state index is 11.2. The molecule has 0 bridgehead atoms. The summed E-state index contributed by atoms with van der Waals surface area (Å²) in [5, 5.41) is 4.12. The highest BCUT2D eigenvalue weighted by atomic mass is 32.2. The molecule has 0 saturated carbocycles. The van der Waals surface area contributed by atoms with Crippen molar-refractivity contribution in [3.8, 4) is 5.75 Å². The van der Waals surface area contributed by atoms with Gasteiger partial charge in [0.15, 0.2) is 21.7 Å². The summed E-state index contributed by atoms with van der Waals surface area (Å²) in [6.07, 6.45) is 2.88. The van der Waals surface area contributed by atoms with Crippen LogP contribution in [0, 0.1) is 0 Å². The first-order valence-corrected chi connectivity index (χ1v) is 6.42. The SMILES string of the molecule is CCNc1ncnc(Sc2nccc(=O)[nH]2)c1OC. The number of anilines is 1. The van der Waals surface area contributed by atoms with Gasteiger partial charge in [0.1, 0.15) is 6.33 Å². The molecule has 0 radical (unpaired) electrons. The Labute approximate surface area is 113 Å². The van der Waals surface area contributed by atoms with Crippen LogP contribution in [-0.2, 0) is 0 Å². The molecule has 2 rings (SSSR count). The molecular weight excluding hydrogens is 266 g/mol. The Kier molecular flexibility index (Phi) is 4.35. The largest absolute Gasteiger partial charge is 0.490 e. The number of aromatic nitrogens is 4. The third-order valence-electron chi connectivity index (χ3n) is 2.16. The lowest BCUT2D eigenvalue weighted by atomic mass is 10.5. The van der Waals surface area contributed by atoms with Gasteiger partial charge in [-0.05, 0) is 18.7 Å². The maximum atomic E-state index is 11.2. The van der Waals surface area contributed by atoms with Crippen LogP contribution in [0.15, 0.2) is 33.6 Å². The number of ether oxygens (including phenoxy) is 1. The predicted octanol–water partition coefficient (Wildman–Crippen LogP) is 1.15. The minimum absolute atomic E-state index is 0.211. The lowest BCUT2D eigenvalue weighted by molar-refractivity contribution is 0.400. The van der Waals surface area contributed by atoms with E-state index in [2.05, 4.69) is 25.3 Å². The number of methoxy groups -OCH3 is 1. The number of aromatic amines is 1. The van der Waals surface area contributed by atoms with E-state index in [9.17, 15) is 4.79 Å². The molecule has 0 amide bonds. The molecule has 0 aliphatic heterocycles. The van der Waals surface area contributed by atoms with Crippen LogP contribution in [0.25, 0.3) is 0 Å². The monoisotopic (exact) mass is 279 g/mol. The fourth-order valence-corrected chi connectivity index (χ4v) is 2.22. The first-order valence-electron chi connectivity index (χ1n) is 5.60. The van der Waals surface area contributed by atoms with Gasteiger partial charge in [-0.25, -0.2) is 15.0 Å². The second kappa shape index (κ2) is 6.19. The molecule has 2 heterocycles. The summed E-state index contributed by atoms with van der Waals surface area (Å²) in [6.45, 7) is 2.68. The molecule has 19 heavy (non-hydrogen) atoms. The average Bonchev–Trinajstić information content (AvgIpc) is 2.39. The molecule has 0 aliphatic rings. The van der Waals surface area contributed by atoms with Crippen molar-refractivity contribution in [2.45, 2.75) is 17.1 Å². The second-order valence-electron chi connectivity index (χ2n) is 3.43. The summed E-state index contributed by atoms with van der Waals surface area (Å²) in [4.78, 5) is 26.1. The van der Waals surface area contributed by atoms with Crippen molar-refractivity contribution >= 4 is 17.6 Å². The molecule has 0 atom stereocenters. The zero-order valence-corrected chi connectivity index (χ0v) is 11.3. The van der Waals surface area contributed by atoms with Crippen LogP contribution in [0.2, 0.25) is 0 Å². The van der Waals surface area contributed by atoms with E-state index in [1.807, 2.05) is 6.92 Å². The van der Waals surface area contributed by atoms with E-state index >= 15 is 0 Å². The third-order valence-corrected chi connectivity index (χ3v) is 3.05. The first kappa shape index (κ1) is 13.3. The van der Waals surface area contributed by atoms with Crippen LogP contribution in [0.4, 0.5) is 5.82 Å². The number of nitrogens with zero attached hydrogens (tertiary/aromatic N) is 3. The van der Waals surface area contributed by atoms with E-state index in [0.717, 1.165) is 6.54 Å². The number of rotatable bonds is 5. The highest BCUT2D eigenvalue weighted by Crippen LogP contribution is 2.34. The Bertz CT molecular complexity index is 616. The van der Waals surface area contributed by atoms with Crippen LogP contribution in [0.1, 0.15) is 6.92 Å². The minimum atomic E-state index is -0.211. The lowest BCUT2D eigenvalue weighted by Gasteiger charge is -2.11. The fraction of sp³-hybridized carbons (Fsp3) is 0.273. The Morgan fingerprint density at radius 2 is 2.26 bits per heavy atom. The Morgan fingerprint density at radius 3 is 2.95 bits per heavy atom. The standard InChI is InChI=1S/C11H13N5O2S/c1-3-12-9-8(18-2)10(15-6-14-9)19-11-13-5-4-7(17)16-11/h4-6H,3H2,1-2H3,(H,12,14,15)(H,13,16,17). The summed E-state index contributed by atoms with van der Waals surface area (Å²) in [5.41, 5.74) is -0.211. The minimum Gasteiger partial charge on any atom is -0.490 e. The van der Waals surface area contributed by atoms with Gasteiger partial charge in [-0.15, -0.1) is 0 Å². The number of H-pyrrole nitrogens is 1. The van der Waals surface area contributed by atoms with Gasteiger partial charge in [-0.2, -0.15) is 0 Å². The molecule has 0 spiro atoms. The van der Waals surface area contributed by atoms with Crippen molar-refractivity contribution < 1.29 is 4.74 Å². The van der Waals surface area contributed by atoms with Gasteiger partial charge < -0.3 is 15.0 Å². The van der Waals surface area contributed by atoms with Gasteiger partial charge in [0, 0.05) is 18.8 Å². The van der Waals surface area contributed by atoms with Crippen LogP contribution in [-0.4, -0.2) is 33.6 Å². The Balaban J connectivity index is 2.34. The summed E-state index contributed by atoms with van der Waals surface area (Å²) in [7, 11) is 1.55. The van der Waals surface area contributed by atoms with E-state index in [4.69, 9.17) is 4.74 Å². The molecule has 8 heteroatoms. The molecule has 2 N–H and O–H groups in total. The Morgan fingerprint density at radius 1 is 1.42 bits per heavy atom. The normalized spacial score (nSPS) is 10.2. The topological polar surface area (TPSA) is 92.8 Å². The average molecular weight is 279 g/mol. The molecule has 0 saturated heterocycles. The lowest BCUT2D eigenvalue weighted by Crippen LogP contribution is -2.06. The molecule has 0 unspecified atom stereocenters. The summed E-state index contributed by atoms with van der Waals surface area (Å²) < 4.78 is 5.30. The zero-order valence-electron chi connectivity index (χ0n) is 10.5. The second-order valence-corrected chi connectivity index (χ2v) is 4.41. The van der Waals surface area contributed by atoms with Crippen molar-refractivity contribution in [1.29, 1.82) is 0 Å². The van der Waals surface area contributed by atoms with Gasteiger partial charge >= 0.3 is 0 Å². The van der Waals surface area contributed by atoms with Crippen molar-refractivity contribution in [3.05, 3.63) is 28.9 Å². The van der Waals surface area contributed by atoms with Gasteiger partial charge in [0.05, 0.1) is 7.11 Å². The van der Waals surface area contributed by atoms with E-state index in [1.165, 1.54) is 30.4 Å². The summed E-state index contributed by atoms with van der Waals surface area (Å²) in [5.74, 6) is 1.14. The van der Waals surface area contributed by atoms with Gasteiger partial charge in [0.25, 0.3) is 5.56 Å². The predicted molar refractivity (Wildman–Crippen MR) is 71.7 cm³/mol. The smallest absolute Gasteiger partial charge is 0.251 e. The third kappa shape index (κ3) is 3.22. The fourth-order valence-electron chi connectivity index (χ4n) is 1.40. The molecule has 100 valence electrons. The van der Waals surface area contributed by atoms with E-state index in [1.54, 1.807) is 7.11 Å². The van der Waals surface area contributed by atoms with Crippen molar-refractivity contribution in [2.75, 3.05) is 19.0 Å². The van der Waals surface area contributed by atoms with Crippen LogP contribution >= 0.6 is 11.8 Å². The number of nitrogens with one attached hydrogen (secondary N) is 2. The molecular formula is C11H13N5O2S. The summed E-state index contributed by atoms with van der Waals surface area (Å²) in [6, 6.07) is 1.35. The number of hydrogen-bond donors (Lipinski definition) is 2. The van der Waals surface area contributed by atoms with E-state index in [0.29, 0.717) is 21.7 Å². The molecule has 2 aromatic rings. The summed E-state index contributed by atoms with van der Waals surface area (Å²) >= 11 is 1.21. The van der Waals surface area contributed by atoms with Crippen molar-refractivity contribution in [3.63, 3.8) is 0 Å². The molecule has 7 nitrogen and oxygen atoms in total. The molecule has 0 aliphatic carbocycles. The van der Waals surface area contributed by atoms with Crippen molar-refractivity contribution in [2.24, 2.45) is 0 Å². The van der Waals surface area contributed by atoms with Crippen LogP contribution in [0.5, 0.6) is 5.75 Å².